The molecule has 1 rings (SSSR count). The highest BCUT2D eigenvalue weighted by Gasteiger charge is 2.23. The van der Waals surface area contributed by atoms with E-state index in [4.69, 9.17) is 11.6 Å². The number of rotatable bonds is 4. The topological polar surface area (TPSA) is 20.3 Å². The van der Waals surface area contributed by atoms with Crippen LogP contribution in [-0.2, 0) is 0 Å². The SMILES string of the molecule is CC(C)N(CCCl)C(=O)c1c(F)cccc1Br. The number of alkyl halides is 1. The molecule has 0 saturated heterocycles. The third-order valence-electron chi connectivity index (χ3n) is 2.39. The van der Waals surface area contributed by atoms with Crippen molar-refractivity contribution in [2.24, 2.45) is 0 Å². The Morgan fingerprint density at radius 2 is 2.18 bits per heavy atom. The van der Waals surface area contributed by atoms with E-state index < -0.39 is 5.82 Å². The fraction of sp³-hybridized carbons (Fsp3) is 0.417. The minimum absolute atomic E-state index is 0.0206. The normalized spacial score (nSPS) is 10.7. The number of halogens is 3. The molecule has 1 aromatic rings. The van der Waals surface area contributed by atoms with E-state index >= 15 is 0 Å². The second-order valence-corrected chi connectivity index (χ2v) is 5.11. The van der Waals surface area contributed by atoms with Gasteiger partial charge in [0, 0.05) is 22.9 Å². The fourth-order valence-corrected chi connectivity index (χ4v) is 2.22. The van der Waals surface area contributed by atoms with Gasteiger partial charge in [0.1, 0.15) is 5.82 Å². The first-order valence-corrected chi connectivity index (χ1v) is 6.62. The molecule has 0 fully saturated rings. The van der Waals surface area contributed by atoms with Gasteiger partial charge >= 0.3 is 0 Å². The second kappa shape index (κ2) is 6.36. The standard InChI is InChI=1S/C12H14BrClFNO/c1-8(2)16(7-6-14)12(17)11-9(13)4-3-5-10(11)15/h3-5,8H,6-7H2,1-2H3. The van der Waals surface area contributed by atoms with Crippen LogP contribution in [-0.4, -0.2) is 29.3 Å². The first-order valence-electron chi connectivity index (χ1n) is 5.30. The van der Waals surface area contributed by atoms with Crippen LogP contribution < -0.4 is 0 Å². The number of hydrogen-bond acceptors (Lipinski definition) is 1. The Morgan fingerprint density at radius 1 is 1.53 bits per heavy atom. The summed E-state index contributed by atoms with van der Waals surface area (Å²) in [6.07, 6.45) is 0. The average molecular weight is 323 g/mol. The summed E-state index contributed by atoms with van der Waals surface area (Å²) in [6.45, 7) is 4.15. The third-order valence-corrected chi connectivity index (χ3v) is 3.22. The summed E-state index contributed by atoms with van der Waals surface area (Å²) in [4.78, 5) is 13.8. The fourth-order valence-electron chi connectivity index (χ4n) is 1.53. The van der Waals surface area contributed by atoms with Crippen molar-refractivity contribution >= 4 is 33.4 Å². The van der Waals surface area contributed by atoms with Crippen LogP contribution in [0.15, 0.2) is 22.7 Å². The number of carbonyl (C=O) groups is 1. The molecule has 1 aromatic carbocycles. The molecule has 0 saturated carbocycles. The third kappa shape index (κ3) is 3.42. The van der Waals surface area contributed by atoms with Gasteiger partial charge in [0.25, 0.3) is 5.91 Å². The molecule has 0 bridgehead atoms. The highest BCUT2D eigenvalue weighted by atomic mass is 79.9. The maximum atomic E-state index is 13.7. The van der Waals surface area contributed by atoms with Gasteiger partial charge < -0.3 is 4.90 Å². The van der Waals surface area contributed by atoms with Crippen LogP contribution in [0.1, 0.15) is 24.2 Å². The lowest BCUT2D eigenvalue weighted by Gasteiger charge is -2.26. The Balaban J connectivity index is 3.09. The first kappa shape index (κ1) is 14.5. The van der Waals surface area contributed by atoms with Gasteiger partial charge in [0.2, 0.25) is 0 Å². The highest BCUT2D eigenvalue weighted by Crippen LogP contribution is 2.22. The molecule has 17 heavy (non-hydrogen) atoms. The van der Waals surface area contributed by atoms with Crippen LogP contribution >= 0.6 is 27.5 Å². The molecule has 2 nitrogen and oxygen atoms in total. The van der Waals surface area contributed by atoms with E-state index in [0.29, 0.717) is 16.9 Å². The molecule has 0 unspecified atom stereocenters. The van der Waals surface area contributed by atoms with Gasteiger partial charge in [-0.3, -0.25) is 4.79 Å². The quantitative estimate of drug-likeness (QED) is 0.774. The Kier molecular flexibility index (Phi) is 5.40. The summed E-state index contributed by atoms with van der Waals surface area (Å²) in [7, 11) is 0. The lowest BCUT2D eigenvalue weighted by molar-refractivity contribution is 0.0712. The van der Waals surface area contributed by atoms with Gasteiger partial charge in [-0.2, -0.15) is 0 Å². The summed E-state index contributed by atoms with van der Waals surface area (Å²) in [5, 5.41) is 0. The number of hydrogen-bond donors (Lipinski definition) is 0. The molecular weight excluding hydrogens is 308 g/mol. The highest BCUT2D eigenvalue weighted by molar-refractivity contribution is 9.10. The second-order valence-electron chi connectivity index (χ2n) is 3.88. The molecule has 0 spiro atoms. The smallest absolute Gasteiger partial charge is 0.258 e. The van der Waals surface area contributed by atoms with Gasteiger partial charge in [-0.15, -0.1) is 11.6 Å². The molecular formula is C12H14BrClFNO. The van der Waals surface area contributed by atoms with Gasteiger partial charge in [0.15, 0.2) is 0 Å². The Hall–Kier alpha value is -0.610. The van der Waals surface area contributed by atoms with E-state index in [0.717, 1.165) is 0 Å². The van der Waals surface area contributed by atoms with E-state index in [1.165, 1.54) is 6.07 Å². The van der Waals surface area contributed by atoms with Crippen LogP contribution in [0.2, 0.25) is 0 Å². The number of benzene rings is 1. The van der Waals surface area contributed by atoms with Crippen molar-refractivity contribution in [2.45, 2.75) is 19.9 Å². The monoisotopic (exact) mass is 321 g/mol. The number of amides is 1. The average Bonchev–Trinajstić information content (AvgIpc) is 2.24. The maximum Gasteiger partial charge on any atom is 0.258 e. The zero-order valence-corrected chi connectivity index (χ0v) is 12.1. The molecule has 0 aromatic heterocycles. The van der Waals surface area contributed by atoms with Gasteiger partial charge in [-0.25, -0.2) is 4.39 Å². The molecule has 0 heterocycles. The van der Waals surface area contributed by atoms with Crippen molar-refractivity contribution in [3.63, 3.8) is 0 Å². The van der Waals surface area contributed by atoms with Gasteiger partial charge in [-0.1, -0.05) is 6.07 Å². The molecule has 94 valence electrons. The van der Waals surface area contributed by atoms with Crippen molar-refractivity contribution < 1.29 is 9.18 Å². The van der Waals surface area contributed by atoms with Crippen molar-refractivity contribution in [1.82, 2.24) is 4.90 Å². The van der Waals surface area contributed by atoms with Crippen molar-refractivity contribution in [3.05, 3.63) is 34.1 Å². The number of carbonyl (C=O) groups excluding carboxylic acids is 1. The van der Waals surface area contributed by atoms with Crippen LogP contribution in [0.3, 0.4) is 0 Å². The molecule has 0 aliphatic rings. The van der Waals surface area contributed by atoms with Crippen LogP contribution in [0.5, 0.6) is 0 Å². The zero-order chi connectivity index (χ0) is 13.0. The van der Waals surface area contributed by atoms with Crippen molar-refractivity contribution in [1.29, 1.82) is 0 Å². The lowest BCUT2D eigenvalue weighted by atomic mass is 10.1. The molecule has 0 radical (unpaired) electrons. The minimum Gasteiger partial charge on any atom is -0.335 e. The summed E-state index contributed by atoms with van der Waals surface area (Å²) >= 11 is 8.85. The summed E-state index contributed by atoms with van der Waals surface area (Å²) < 4.78 is 14.1. The molecule has 0 aliphatic carbocycles. The summed E-state index contributed by atoms with van der Waals surface area (Å²) in [6, 6.07) is 4.46. The Bertz CT molecular complexity index is 391. The summed E-state index contributed by atoms with van der Waals surface area (Å²) in [5.74, 6) is -0.536. The zero-order valence-electron chi connectivity index (χ0n) is 9.71. The van der Waals surface area contributed by atoms with Crippen LogP contribution in [0.4, 0.5) is 4.39 Å². The van der Waals surface area contributed by atoms with E-state index in [2.05, 4.69) is 15.9 Å². The summed E-state index contributed by atoms with van der Waals surface area (Å²) in [5.41, 5.74) is 0.0614. The molecule has 0 aliphatic heterocycles. The van der Waals surface area contributed by atoms with Gasteiger partial charge in [0.05, 0.1) is 5.56 Å². The van der Waals surface area contributed by atoms with Crippen molar-refractivity contribution in [2.75, 3.05) is 12.4 Å². The van der Waals surface area contributed by atoms with Crippen LogP contribution in [0.25, 0.3) is 0 Å². The lowest BCUT2D eigenvalue weighted by Crippen LogP contribution is -2.39. The Morgan fingerprint density at radius 3 is 2.65 bits per heavy atom. The van der Waals surface area contributed by atoms with E-state index in [9.17, 15) is 9.18 Å². The Labute approximate surface area is 114 Å². The van der Waals surface area contributed by atoms with Crippen molar-refractivity contribution in [3.8, 4) is 0 Å². The maximum absolute atomic E-state index is 13.7. The number of nitrogens with zero attached hydrogens (tertiary/aromatic N) is 1. The molecule has 1 amide bonds. The molecule has 0 atom stereocenters. The van der Waals surface area contributed by atoms with Crippen LogP contribution in [0, 0.1) is 5.82 Å². The minimum atomic E-state index is -0.524. The predicted octanol–water partition coefficient (Wildman–Crippen LogP) is 3.68. The largest absolute Gasteiger partial charge is 0.335 e. The predicted molar refractivity (Wildman–Crippen MR) is 71.0 cm³/mol. The molecule has 0 N–H and O–H groups in total. The van der Waals surface area contributed by atoms with Gasteiger partial charge in [-0.05, 0) is 41.9 Å². The molecule has 5 heteroatoms. The van der Waals surface area contributed by atoms with E-state index in [1.54, 1.807) is 17.0 Å². The van der Waals surface area contributed by atoms with E-state index in [1.807, 2.05) is 13.8 Å². The van der Waals surface area contributed by atoms with E-state index in [-0.39, 0.29) is 17.5 Å². The first-order chi connectivity index (χ1) is 7.99.